The molecule has 0 bridgehead atoms. The largest absolute Gasteiger partial charge is 0.490 e. The molecule has 0 aromatic heterocycles. The highest BCUT2D eigenvalue weighted by Gasteiger charge is 2.23. The van der Waals surface area contributed by atoms with Crippen LogP contribution in [0.15, 0.2) is 48.5 Å². The molecule has 2 aromatic rings. The Bertz CT molecular complexity index is 830. The van der Waals surface area contributed by atoms with Crippen LogP contribution in [0.1, 0.15) is 31.9 Å². The molecule has 1 N–H and O–H groups in total. The van der Waals surface area contributed by atoms with Gasteiger partial charge >= 0.3 is 5.97 Å². The van der Waals surface area contributed by atoms with Gasteiger partial charge in [0.05, 0.1) is 5.88 Å². The van der Waals surface area contributed by atoms with Gasteiger partial charge in [0.2, 0.25) is 0 Å². The summed E-state index contributed by atoms with van der Waals surface area (Å²) in [5.41, 5.74) is 1.90. The van der Waals surface area contributed by atoms with Crippen molar-refractivity contribution in [2.45, 2.75) is 32.3 Å². The summed E-state index contributed by atoms with van der Waals surface area (Å²) in [7, 11) is 0. The molecule has 0 unspecified atom stereocenters. The third-order valence-electron chi connectivity index (χ3n) is 4.67. The van der Waals surface area contributed by atoms with Crippen molar-refractivity contribution >= 4 is 23.4 Å². The standard InChI is InChI=1S/C23H27ClO6/c1-16(26)30-22(12-24)15-29-21-10-6-18(7-11-21)23(2,3)17-4-8-20(9-5-17)28-14-19(27)13-25/h4-11,22,25H,12-15H2,1-3H3/t22-/m1/s1. The Labute approximate surface area is 181 Å². The van der Waals surface area contributed by atoms with Crippen molar-refractivity contribution in [3.63, 3.8) is 0 Å². The van der Waals surface area contributed by atoms with E-state index in [9.17, 15) is 9.59 Å². The Morgan fingerprint density at radius 3 is 1.90 bits per heavy atom. The van der Waals surface area contributed by atoms with Crippen LogP contribution in [-0.4, -0.2) is 48.7 Å². The fourth-order valence-corrected chi connectivity index (χ4v) is 3.00. The van der Waals surface area contributed by atoms with Gasteiger partial charge in [-0.3, -0.25) is 9.59 Å². The number of ketones is 1. The SMILES string of the molecule is CC(=O)O[C@H](CCl)COc1ccc(C(C)(C)c2ccc(OCC(=O)CO)cc2)cc1. The number of aliphatic hydroxyl groups excluding tert-OH is 1. The molecule has 0 aliphatic heterocycles. The maximum Gasteiger partial charge on any atom is 0.303 e. The van der Waals surface area contributed by atoms with Crippen LogP contribution in [0.4, 0.5) is 0 Å². The molecular formula is C23H27ClO6. The normalized spacial score (nSPS) is 12.2. The van der Waals surface area contributed by atoms with Gasteiger partial charge < -0.3 is 19.3 Å². The molecule has 30 heavy (non-hydrogen) atoms. The van der Waals surface area contributed by atoms with Gasteiger partial charge in [0.25, 0.3) is 0 Å². The molecule has 0 radical (unpaired) electrons. The van der Waals surface area contributed by atoms with Gasteiger partial charge in [0, 0.05) is 12.3 Å². The van der Waals surface area contributed by atoms with E-state index in [1.54, 1.807) is 12.1 Å². The van der Waals surface area contributed by atoms with Gasteiger partial charge in [-0.15, -0.1) is 11.6 Å². The summed E-state index contributed by atoms with van der Waals surface area (Å²) in [5.74, 6) is 0.638. The molecule has 0 aliphatic carbocycles. The lowest BCUT2D eigenvalue weighted by molar-refractivity contribution is -0.146. The summed E-state index contributed by atoms with van der Waals surface area (Å²) in [5, 5.41) is 8.75. The molecule has 0 amide bonds. The molecule has 6 nitrogen and oxygen atoms in total. The van der Waals surface area contributed by atoms with E-state index >= 15 is 0 Å². The van der Waals surface area contributed by atoms with E-state index in [0.29, 0.717) is 11.5 Å². The third kappa shape index (κ3) is 6.75. The van der Waals surface area contributed by atoms with Crippen LogP contribution in [0.5, 0.6) is 11.5 Å². The molecular weight excluding hydrogens is 408 g/mol. The molecule has 2 rings (SSSR count). The van der Waals surface area contributed by atoms with Crippen molar-refractivity contribution in [2.24, 2.45) is 0 Å². The lowest BCUT2D eigenvalue weighted by Gasteiger charge is -2.26. The van der Waals surface area contributed by atoms with E-state index in [1.807, 2.05) is 36.4 Å². The Balaban J connectivity index is 2.02. The number of esters is 1. The summed E-state index contributed by atoms with van der Waals surface area (Å²) in [6.07, 6.45) is -0.492. The number of hydrogen-bond donors (Lipinski definition) is 1. The van der Waals surface area contributed by atoms with E-state index in [1.165, 1.54) is 6.92 Å². The third-order valence-corrected chi connectivity index (χ3v) is 5.01. The number of halogens is 1. The number of hydrogen-bond acceptors (Lipinski definition) is 6. The monoisotopic (exact) mass is 434 g/mol. The highest BCUT2D eigenvalue weighted by molar-refractivity contribution is 6.18. The van der Waals surface area contributed by atoms with Crippen LogP contribution < -0.4 is 9.47 Å². The molecule has 1 atom stereocenters. The second kappa shape index (κ2) is 11.0. The predicted molar refractivity (Wildman–Crippen MR) is 114 cm³/mol. The summed E-state index contributed by atoms with van der Waals surface area (Å²) in [6.45, 7) is 5.07. The van der Waals surface area contributed by atoms with Crippen LogP contribution in [0.25, 0.3) is 0 Å². The Morgan fingerprint density at radius 1 is 0.967 bits per heavy atom. The van der Waals surface area contributed by atoms with Crippen LogP contribution in [0.2, 0.25) is 0 Å². The average molecular weight is 435 g/mol. The first kappa shape index (κ1) is 23.7. The van der Waals surface area contributed by atoms with E-state index in [-0.39, 0.29) is 30.3 Å². The molecule has 162 valence electrons. The van der Waals surface area contributed by atoms with Gasteiger partial charge in [-0.2, -0.15) is 0 Å². The average Bonchev–Trinajstić information content (AvgIpc) is 2.75. The fourth-order valence-electron chi connectivity index (χ4n) is 2.85. The Hall–Kier alpha value is -2.57. The van der Waals surface area contributed by atoms with E-state index < -0.39 is 18.7 Å². The molecule has 2 aromatic carbocycles. The molecule has 0 heterocycles. The van der Waals surface area contributed by atoms with Crippen molar-refractivity contribution in [3.8, 4) is 11.5 Å². The zero-order valence-electron chi connectivity index (χ0n) is 17.4. The zero-order valence-corrected chi connectivity index (χ0v) is 18.1. The van der Waals surface area contributed by atoms with E-state index in [0.717, 1.165) is 11.1 Å². The van der Waals surface area contributed by atoms with E-state index in [4.69, 9.17) is 30.9 Å². The van der Waals surface area contributed by atoms with Crippen LogP contribution in [-0.2, 0) is 19.7 Å². The highest BCUT2D eigenvalue weighted by atomic mass is 35.5. The topological polar surface area (TPSA) is 82.1 Å². The fraction of sp³-hybridized carbons (Fsp3) is 0.391. The minimum absolute atomic E-state index is 0.150. The van der Waals surface area contributed by atoms with Gasteiger partial charge in [-0.1, -0.05) is 38.1 Å². The van der Waals surface area contributed by atoms with Crippen molar-refractivity contribution in [2.75, 3.05) is 25.7 Å². The van der Waals surface area contributed by atoms with Gasteiger partial charge in [-0.05, 0) is 35.4 Å². The first-order chi connectivity index (χ1) is 14.3. The number of ether oxygens (including phenoxy) is 3. The molecule has 0 saturated heterocycles. The van der Waals surface area contributed by atoms with Crippen molar-refractivity contribution in [3.05, 3.63) is 59.7 Å². The van der Waals surface area contributed by atoms with Gasteiger partial charge in [-0.25, -0.2) is 0 Å². The molecule has 0 spiro atoms. The number of rotatable bonds is 11. The number of alkyl halides is 1. The summed E-state index contributed by atoms with van der Waals surface area (Å²) in [4.78, 5) is 22.2. The maximum atomic E-state index is 11.2. The number of carbonyl (C=O) groups excluding carboxylic acids is 2. The lowest BCUT2D eigenvalue weighted by Crippen LogP contribution is -2.25. The predicted octanol–water partition coefficient (Wildman–Crippen LogP) is 3.50. The van der Waals surface area contributed by atoms with Crippen LogP contribution in [0.3, 0.4) is 0 Å². The number of benzene rings is 2. The minimum atomic E-state index is -0.527. The van der Waals surface area contributed by atoms with Crippen molar-refractivity contribution in [1.29, 1.82) is 0 Å². The van der Waals surface area contributed by atoms with Crippen molar-refractivity contribution in [1.82, 2.24) is 0 Å². The van der Waals surface area contributed by atoms with Crippen LogP contribution >= 0.6 is 11.6 Å². The first-order valence-corrected chi connectivity index (χ1v) is 10.1. The number of carbonyl (C=O) groups is 2. The van der Waals surface area contributed by atoms with Gasteiger partial charge in [0.1, 0.15) is 37.4 Å². The zero-order chi connectivity index (χ0) is 22.1. The summed E-state index contributed by atoms with van der Waals surface area (Å²) >= 11 is 5.79. The van der Waals surface area contributed by atoms with Gasteiger partial charge in [0.15, 0.2) is 5.78 Å². The molecule has 0 saturated carbocycles. The van der Waals surface area contributed by atoms with Crippen LogP contribution in [0, 0.1) is 0 Å². The maximum absolute atomic E-state index is 11.2. The second-order valence-electron chi connectivity index (χ2n) is 7.36. The second-order valence-corrected chi connectivity index (χ2v) is 7.66. The van der Waals surface area contributed by atoms with Crippen molar-refractivity contribution < 1.29 is 28.9 Å². The Morgan fingerprint density at radius 2 is 1.47 bits per heavy atom. The highest BCUT2D eigenvalue weighted by Crippen LogP contribution is 2.33. The lowest BCUT2D eigenvalue weighted by atomic mass is 9.78. The molecule has 0 fully saturated rings. The smallest absolute Gasteiger partial charge is 0.303 e. The molecule has 0 aliphatic rings. The van der Waals surface area contributed by atoms with E-state index in [2.05, 4.69) is 13.8 Å². The number of Topliss-reactive ketones (excluding diaryl/α,β-unsaturated/α-hetero) is 1. The number of aliphatic hydroxyl groups is 1. The molecule has 7 heteroatoms. The summed E-state index contributed by atoms with van der Waals surface area (Å²) in [6, 6.07) is 15.2. The quantitative estimate of drug-likeness (QED) is 0.430. The Kier molecular flexibility index (Phi) is 8.69. The minimum Gasteiger partial charge on any atom is -0.490 e. The first-order valence-electron chi connectivity index (χ1n) is 9.58. The summed E-state index contributed by atoms with van der Waals surface area (Å²) < 4.78 is 16.1.